The van der Waals surface area contributed by atoms with Crippen molar-refractivity contribution in [3.8, 4) is 0 Å². The smallest absolute Gasteiger partial charge is 0.748 e. The van der Waals surface area contributed by atoms with Crippen LogP contribution in [0.2, 0.25) is 0 Å². The van der Waals surface area contributed by atoms with Crippen molar-refractivity contribution in [2.75, 3.05) is 19.3 Å². The van der Waals surface area contributed by atoms with Gasteiger partial charge < -0.3 is 15.2 Å². The van der Waals surface area contributed by atoms with Crippen LogP contribution in [-0.2, 0) is 10.1 Å². The van der Waals surface area contributed by atoms with Gasteiger partial charge in [-0.1, -0.05) is 0 Å². The van der Waals surface area contributed by atoms with E-state index in [1.807, 2.05) is 0 Å². The van der Waals surface area contributed by atoms with E-state index in [4.69, 9.17) is 5.73 Å². The Morgan fingerprint density at radius 2 is 2.08 bits per heavy atom. The van der Waals surface area contributed by atoms with Gasteiger partial charge in [0.2, 0.25) is 0 Å². The molecule has 0 atom stereocenters. The fourth-order valence-electron chi connectivity index (χ4n) is 0.359. The Balaban J connectivity index is 0. The maximum absolute atomic E-state index is 10.1. The van der Waals surface area contributed by atoms with Gasteiger partial charge in [0.25, 0.3) is 0 Å². The van der Waals surface area contributed by atoms with E-state index in [2.05, 4.69) is 12.2 Å². The van der Waals surface area contributed by atoms with Gasteiger partial charge in [-0.2, -0.15) is 0 Å². The van der Waals surface area contributed by atoms with Gasteiger partial charge in [-0.3, -0.25) is 0 Å². The molecule has 5 nitrogen and oxygen atoms in total. The van der Waals surface area contributed by atoms with E-state index in [1.54, 1.807) is 0 Å². The molecule has 12 heavy (non-hydrogen) atoms. The molecule has 0 unspecified atom stereocenters. The Morgan fingerprint density at radius 3 is 2.33 bits per heavy atom. The predicted octanol–water partition coefficient (Wildman–Crippen LogP) is -4.29. The minimum atomic E-state index is -4.16. The fraction of sp³-hybridized carbons (Fsp3) is 0.750. The zero-order chi connectivity index (χ0) is 9.07. The number of hydrogen-bond acceptors (Lipinski definition) is 4. The molecule has 0 rings (SSSR count). The van der Waals surface area contributed by atoms with Crippen molar-refractivity contribution in [2.45, 2.75) is 0 Å². The summed E-state index contributed by atoms with van der Waals surface area (Å²) in [5, 5.41) is 0.0775. The van der Waals surface area contributed by atoms with Crippen molar-refractivity contribution >= 4 is 27.4 Å². The number of thiocarbonyl (C=S) groups is 1. The summed E-state index contributed by atoms with van der Waals surface area (Å²) in [6, 6.07) is 0. The van der Waals surface area contributed by atoms with Crippen LogP contribution < -0.4 is 35.3 Å². The molecule has 0 aromatic rings. The monoisotopic (exact) mass is 220 g/mol. The van der Waals surface area contributed by atoms with Crippen molar-refractivity contribution in [3.05, 3.63) is 0 Å². The summed E-state index contributed by atoms with van der Waals surface area (Å²) >= 11 is 4.51. The van der Waals surface area contributed by atoms with Gasteiger partial charge >= 0.3 is 29.6 Å². The van der Waals surface area contributed by atoms with Gasteiger partial charge in [-0.05, 0) is 12.2 Å². The Labute approximate surface area is 99.3 Å². The largest absolute Gasteiger partial charge is 1.00 e. The van der Waals surface area contributed by atoms with Gasteiger partial charge in [0.05, 0.1) is 15.9 Å². The first-order valence-electron chi connectivity index (χ1n) is 2.77. The van der Waals surface area contributed by atoms with Gasteiger partial charge in [0, 0.05) is 13.6 Å². The maximum atomic E-state index is 10.1. The standard InChI is InChI=1S/C4H10N2O3S2.Na/c1-6(4(5)10)2-3-11(7,8)9;/h2-3H2,1H3,(H2,5,10)(H,7,8,9);/q;+1/p-1. The third-order valence-corrected chi connectivity index (χ3v) is 2.05. The molecular weight excluding hydrogens is 211 g/mol. The van der Waals surface area contributed by atoms with Crippen molar-refractivity contribution < 1.29 is 42.5 Å². The van der Waals surface area contributed by atoms with E-state index in [9.17, 15) is 13.0 Å². The summed E-state index contributed by atoms with van der Waals surface area (Å²) in [4.78, 5) is 1.32. The summed E-state index contributed by atoms with van der Waals surface area (Å²) in [6.45, 7) is 0.0428. The first-order chi connectivity index (χ1) is 4.83. The molecule has 0 aliphatic heterocycles. The van der Waals surface area contributed by atoms with Crippen LogP contribution >= 0.6 is 12.2 Å². The number of nitrogens with two attached hydrogens (primary N) is 1. The number of hydrogen-bond donors (Lipinski definition) is 1. The Kier molecular flexibility index (Phi) is 7.69. The van der Waals surface area contributed by atoms with Gasteiger partial charge in [-0.25, -0.2) is 8.42 Å². The first kappa shape index (κ1) is 15.1. The van der Waals surface area contributed by atoms with Gasteiger partial charge in [-0.15, -0.1) is 0 Å². The zero-order valence-corrected chi connectivity index (χ0v) is 10.6. The van der Waals surface area contributed by atoms with Crippen LogP contribution in [0.4, 0.5) is 0 Å². The summed E-state index contributed by atoms with van der Waals surface area (Å²) in [6.07, 6.45) is 0. The quantitative estimate of drug-likeness (QED) is 0.294. The van der Waals surface area contributed by atoms with E-state index in [1.165, 1.54) is 11.9 Å². The second kappa shape index (κ2) is 6.11. The van der Waals surface area contributed by atoms with Gasteiger partial charge in [0.15, 0.2) is 5.11 Å². The third-order valence-electron chi connectivity index (χ3n) is 1.05. The molecule has 2 N–H and O–H groups in total. The Hall–Kier alpha value is 0.600. The Morgan fingerprint density at radius 1 is 1.67 bits per heavy atom. The minimum Gasteiger partial charge on any atom is -0.748 e. The second-order valence-electron chi connectivity index (χ2n) is 2.02. The van der Waals surface area contributed by atoms with Crippen LogP contribution in [0.15, 0.2) is 0 Å². The number of rotatable bonds is 3. The molecule has 0 amide bonds. The molecule has 0 bridgehead atoms. The molecule has 0 aromatic heterocycles. The van der Waals surface area contributed by atoms with Crippen LogP contribution in [0.5, 0.6) is 0 Å². The van der Waals surface area contributed by atoms with E-state index in [0.717, 1.165) is 0 Å². The van der Waals surface area contributed by atoms with E-state index in [0.29, 0.717) is 0 Å². The minimum absolute atomic E-state index is 0. The molecule has 0 aliphatic rings. The maximum Gasteiger partial charge on any atom is 1.00 e. The topological polar surface area (TPSA) is 86.5 Å². The van der Waals surface area contributed by atoms with Crippen molar-refractivity contribution in [1.82, 2.24) is 4.90 Å². The summed E-state index contributed by atoms with van der Waals surface area (Å²) in [5.41, 5.74) is 5.13. The second-order valence-corrected chi connectivity index (χ2v) is 3.96. The molecule has 0 spiro atoms. The van der Waals surface area contributed by atoms with E-state index in [-0.39, 0.29) is 41.2 Å². The zero-order valence-electron chi connectivity index (χ0n) is 6.98. The fourth-order valence-corrected chi connectivity index (χ4v) is 0.948. The molecule has 0 fully saturated rings. The molecule has 8 heteroatoms. The van der Waals surface area contributed by atoms with Crippen LogP contribution in [0.3, 0.4) is 0 Å². The van der Waals surface area contributed by atoms with Crippen LogP contribution in [-0.4, -0.2) is 42.3 Å². The molecule has 66 valence electrons. The van der Waals surface area contributed by atoms with E-state index < -0.39 is 15.9 Å². The number of nitrogens with zero attached hydrogens (tertiary/aromatic N) is 1. The first-order valence-corrected chi connectivity index (χ1v) is 4.75. The molecule has 0 aromatic carbocycles. The summed E-state index contributed by atoms with van der Waals surface area (Å²) in [5.74, 6) is -0.471. The van der Waals surface area contributed by atoms with Crippen LogP contribution in [0.25, 0.3) is 0 Å². The third kappa shape index (κ3) is 8.69. The van der Waals surface area contributed by atoms with Crippen molar-refractivity contribution in [2.24, 2.45) is 5.73 Å². The van der Waals surface area contributed by atoms with E-state index >= 15 is 0 Å². The average Bonchev–Trinajstić information content (AvgIpc) is 1.80. The van der Waals surface area contributed by atoms with Gasteiger partial charge in [0.1, 0.15) is 0 Å². The van der Waals surface area contributed by atoms with Crippen molar-refractivity contribution in [1.29, 1.82) is 0 Å². The molecule has 0 saturated heterocycles. The molecule has 0 heterocycles. The molecule has 0 aliphatic carbocycles. The molecule has 0 saturated carbocycles. The summed E-state index contributed by atoms with van der Waals surface area (Å²) in [7, 11) is -2.64. The Bertz CT molecular complexity index is 241. The predicted molar refractivity (Wildman–Crippen MR) is 44.0 cm³/mol. The van der Waals surface area contributed by atoms with Crippen LogP contribution in [0.1, 0.15) is 0 Å². The summed E-state index contributed by atoms with van der Waals surface area (Å²) < 4.78 is 30.3. The van der Waals surface area contributed by atoms with Crippen LogP contribution in [0, 0.1) is 0 Å². The molecule has 0 radical (unpaired) electrons. The molecular formula is C4H9N2NaO3S2. The average molecular weight is 220 g/mol. The SMILES string of the molecule is CN(CCS(=O)(=O)[O-])C(N)=S.[Na+]. The van der Waals surface area contributed by atoms with Crippen molar-refractivity contribution in [3.63, 3.8) is 0 Å². The normalized spacial score (nSPS) is 10.2.